The zero-order valence-corrected chi connectivity index (χ0v) is 15.7. The standard InChI is InChI=1S/C21H17ClN2O4/c1-14(27-21(26)15-7-12-19(22)23-13-15)20(25)24-16-8-10-18(11-9-16)28-17-5-3-2-4-6-17/h2-14H,1H3,(H,24,25). The Balaban J connectivity index is 1.54. The minimum Gasteiger partial charge on any atom is -0.457 e. The van der Waals surface area contributed by atoms with Gasteiger partial charge in [0.1, 0.15) is 16.7 Å². The molecule has 3 rings (SSSR count). The number of anilines is 1. The van der Waals surface area contributed by atoms with E-state index in [1.165, 1.54) is 25.3 Å². The number of esters is 1. The van der Waals surface area contributed by atoms with Crippen LogP contribution in [0.1, 0.15) is 17.3 Å². The third kappa shape index (κ3) is 5.31. The molecule has 0 saturated heterocycles. The summed E-state index contributed by atoms with van der Waals surface area (Å²) in [4.78, 5) is 28.1. The molecule has 0 radical (unpaired) electrons. The molecule has 1 amide bonds. The van der Waals surface area contributed by atoms with Gasteiger partial charge in [0.05, 0.1) is 5.56 Å². The van der Waals surface area contributed by atoms with Crippen LogP contribution >= 0.6 is 11.6 Å². The number of pyridine rings is 1. The summed E-state index contributed by atoms with van der Waals surface area (Å²) in [5.41, 5.74) is 0.771. The summed E-state index contributed by atoms with van der Waals surface area (Å²) in [5, 5.41) is 2.96. The van der Waals surface area contributed by atoms with Crippen molar-refractivity contribution in [2.75, 3.05) is 5.32 Å². The van der Waals surface area contributed by atoms with E-state index in [0.717, 1.165) is 5.75 Å². The van der Waals surface area contributed by atoms with Gasteiger partial charge >= 0.3 is 5.97 Å². The molecule has 28 heavy (non-hydrogen) atoms. The van der Waals surface area contributed by atoms with E-state index in [2.05, 4.69) is 10.3 Å². The molecular weight excluding hydrogens is 380 g/mol. The van der Waals surface area contributed by atoms with E-state index in [-0.39, 0.29) is 10.7 Å². The third-order valence-electron chi connectivity index (χ3n) is 3.72. The van der Waals surface area contributed by atoms with Gasteiger partial charge in [-0.15, -0.1) is 0 Å². The normalized spacial score (nSPS) is 11.4. The minimum atomic E-state index is -0.983. The Hall–Kier alpha value is -3.38. The number of aromatic nitrogens is 1. The van der Waals surface area contributed by atoms with E-state index < -0.39 is 18.0 Å². The Bertz CT molecular complexity index is 944. The molecule has 7 heteroatoms. The molecule has 1 heterocycles. The molecule has 0 bridgehead atoms. The fourth-order valence-corrected chi connectivity index (χ4v) is 2.37. The molecule has 0 saturated carbocycles. The molecule has 1 atom stereocenters. The lowest BCUT2D eigenvalue weighted by molar-refractivity contribution is -0.123. The van der Waals surface area contributed by atoms with Gasteiger partial charge in [-0.1, -0.05) is 29.8 Å². The van der Waals surface area contributed by atoms with E-state index in [9.17, 15) is 9.59 Å². The highest BCUT2D eigenvalue weighted by Crippen LogP contribution is 2.22. The van der Waals surface area contributed by atoms with Crippen LogP contribution in [0.4, 0.5) is 5.69 Å². The second kappa shape index (κ2) is 9.01. The summed E-state index contributed by atoms with van der Waals surface area (Å²) in [6, 6.07) is 19.2. The molecule has 1 N–H and O–H groups in total. The number of halogens is 1. The number of hydrogen-bond acceptors (Lipinski definition) is 5. The molecule has 0 aliphatic heterocycles. The van der Waals surface area contributed by atoms with Crippen molar-refractivity contribution >= 4 is 29.2 Å². The Morgan fingerprint density at radius 1 is 0.964 bits per heavy atom. The van der Waals surface area contributed by atoms with Crippen LogP contribution in [-0.2, 0) is 9.53 Å². The Morgan fingerprint density at radius 3 is 2.29 bits per heavy atom. The van der Waals surface area contributed by atoms with Crippen molar-refractivity contribution < 1.29 is 19.1 Å². The smallest absolute Gasteiger partial charge is 0.340 e. The second-order valence-electron chi connectivity index (χ2n) is 5.85. The number of carbonyl (C=O) groups is 2. The maximum absolute atomic E-state index is 12.3. The van der Waals surface area contributed by atoms with Crippen molar-refractivity contribution in [2.24, 2.45) is 0 Å². The second-order valence-corrected chi connectivity index (χ2v) is 6.23. The summed E-state index contributed by atoms with van der Waals surface area (Å²) < 4.78 is 10.9. The monoisotopic (exact) mass is 396 g/mol. The number of ether oxygens (including phenoxy) is 2. The van der Waals surface area contributed by atoms with Crippen LogP contribution in [-0.4, -0.2) is 23.0 Å². The van der Waals surface area contributed by atoms with Crippen LogP contribution in [0.25, 0.3) is 0 Å². The Labute approximate surface area is 167 Å². The fraction of sp³-hybridized carbons (Fsp3) is 0.0952. The van der Waals surface area contributed by atoms with Gasteiger partial charge in [-0.05, 0) is 55.5 Å². The number of nitrogens with one attached hydrogen (secondary N) is 1. The summed E-state index contributed by atoms with van der Waals surface area (Å²) in [6.45, 7) is 1.49. The van der Waals surface area contributed by atoms with Crippen LogP contribution in [0.3, 0.4) is 0 Å². The van der Waals surface area contributed by atoms with Crippen molar-refractivity contribution in [1.82, 2.24) is 4.98 Å². The molecule has 0 fully saturated rings. The quantitative estimate of drug-likeness (QED) is 0.482. The van der Waals surface area contributed by atoms with Gasteiger partial charge in [0.15, 0.2) is 6.10 Å². The van der Waals surface area contributed by atoms with Gasteiger partial charge in [-0.2, -0.15) is 0 Å². The molecule has 6 nitrogen and oxygen atoms in total. The molecule has 0 aliphatic carbocycles. The molecular formula is C21H17ClN2O4. The molecule has 1 unspecified atom stereocenters. The van der Waals surface area contributed by atoms with Gasteiger partial charge in [-0.3, -0.25) is 4.79 Å². The van der Waals surface area contributed by atoms with E-state index >= 15 is 0 Å². The average molecular weight is 397 g/mol. The van der Waals surface area contributed by atoms with Crippen molar-refractivity contribution in [2.45, 2.75) is 13.0 Å². The third-order valence-corrected chi connectivity index (χ3v) is 3.94. The average Bonchev–Trinajstić information content (AvgIpc) is 2.70. The van der Waals surface area contributed by atoms with Crippen molar-refractivity contribution in [3.63, 3.8) is 0 Å². The first-order valence-corrected chi connectivity index (χ1v) is 8.85. The zero-order valence-electron chi connectivity index (χ0n) is 15.0. The maximum atomic E-state index is 12.3. The first-order valence-electron chi connectivity index (χ1n) is 8.47. The van der Waals surface area contributed by atoms with Gasteiger partial charge in [-0.25, -0.2) is 9.78 Å². The number of nitrogens with zero attached hydrogens (tertiary/aromatic N) is 1. The highest BCUT2D eigenvalue weighted by Gasteiger charge is 2.19. The molecule has 0 spiro atoms. The number of benzene rings is 2. The SMILES string of the molecule is CC(OC(=O)c1ccc(Cl)nc1)C(=O)Nc1ccc(Oc2ccccc2)cc1. The maximum Gasteiger partial charge on any atom is 0.340 e. The van der Waals surface area contributed by atoms with Gasteiger partial charge in [0.2, 0.25) is 0 Å². The first kappa shape index (κ1) is 19.4. The number of amides is 1. The molecule has 1 aromatic heterocycles. The van der Waals surface area contributed by atoms with E-state index in [4.69, 9.17) is 21.1 Å². The van der Waals surface area contributed by atoms with E-state index in [1.54, 1.807) is 24.3 Å². The number of hydrogen-bond donors (Lipinski definition) is 1. The lowest BCUT2D eigenvalue weighted by Gasteiger charge is -2.14. The first-order chi connectivity index (χ1) is 13.5. The van der Waals surface area contributed by atoms with Gasteiger partial charge in [0.25, 0.3) is 5.91 Å². The molecule has 142 valence electrons. The molecule has 2 aromatic carbocycles. The summed E-state index contributed by atoms with van der Waals surface area (Å²) in [6.07, 6.45) is 0.309. The fourth-order valence-electron chi connectivity index (χ4n) is 2.25. The largest absolute Gasteiger partial charge is 0.457 e. The highest BCUT2D eigenvalue weighted by molar-refractivity contribution is 6.29. The van der Waals surface area contributed by atoms with Gasteiger partial charge < -0.3 is 14.8 Å². The van der Waals surface area contributed by atoms with E-state index in [0.29, 0.717) is 11.4 Å². The zero-order chi connectivity index (χ0) is 19.9. The van der Waals surface area contributed by atoms with Crippen molar-refractivity contribution in [1.29, 1.82) is 0 Å². The van der Waals surface area contributed by atoms with Crippen LogP contribution in [0.5, 0.6) is 11.5 Å². The van der Waals surface area contributed by atoms with Crippen molar-refractivity contribution in [3.8, 4) is 11.5 Å². The molecule has 0 aliphatic rings. The summed E-state index contributed by atoms with van der Waals surface area (Å²) in [5.74, 6) is 0.251. The predicted molar refractivity (Wildman–Crippen MR) is 106 cm³/mol. The van der Waals surface area contributed by atoms with Crippen LogP contribution < -0.4 is 10.1 Å². The number of rotatable bonds is 6. The number of para-hydroxylation sites is 1. The molecule has 3 aromatic rings. The number of carbonyl (C=O) groups excluding carboxylic acids is 2. The van der Waals surface area contributed by atoms with Crippen LogP contribution in [0, 0.1) is 0 Å². The van der Waals surface area contributed by atoms with Crippen LogP contribution in [0.2, 0.25) is 5.15 Å². The van der Waals surface area contributed by atoms with E-state index in [1.807, 2.05) is 30.3 Å². The lowest BCUT2D eigenvalue weighted by Crippen LogP contribution is -2.30. The summed E-state index contributed by atoms with van der Waals surface area (Å²) >= 11 is 5.68. The van der Waals surface area contributed by atoms with Crippen molar-refractivity contribution in [3.05, 3.63) is 83.6 Å². The highest BCUT2D eigenvalue weighted by atomic mass is 35.5. The summed E-state index contributed by atoms with van der Waals surface area (Å²) in [7, 11) is 0. The predicted octanol–water partition coefficient (Wildman–Crippen LogP) is 4.71. The van der Waals surface area contributed by atoms with Crippen LogP contribution in [0.15, 0.2) is 72.9 Å². The Morgan fingerprint density at radius 2 is 1.64 bits per heavy atom. The minimum absolute atomic E-state index is 0.214. The topological polar surface area (TPSA) is 77.5 Å². The Kier molecular flexibility index (Phi) is 6.24. The van der Waals surface area contributed by atoms with Gasteiger partial charge in [0, 0.05) is 11.9 Å². The lowest BCUT2D eigenvalue weighted by atomic mass is 10.2.